The molecule has 0 fully saturated rings. The van der Waals surface area contributed by atoms with Crippen molar-refractivity contribution in [1.29, 1.82) is 0 Å². The van der Waals surface area contributed by atoms with Gasteiger partial charge in [0.2, 0.25) is 0 Å². The van der Waals surface area contributed by atoms with Crippen LogP contribution in [0.4, 0.5) is 0 Å². The third-order valence-corrected chi connectivity index (χ3v) is 12.7. The molecule has 12 heteroatoms. The summed E-state index contributed by atoms with van der Waals surface area (Å²) in [6.07, 6.45) is 0. The van der Waals surface area contributed by atoms with E-state index in [-0.39, 0.29) is 0 Å². The van der Waals surface area contributed by atoms with Gasteiger partial charge in [0, 0.05) is 0 Å². The summed E-state index contributed by atoms with van der Waals surface area (Å²) in [5.74, 6) is 0. The number of nitrogens with zero attached hydrogens (tertiary/aromatic N) is 1. The van der Waals surface area contributed by atoms with Crippen molar-refractivity contribution < 1.29 is 27.1 Å². The summed E-state index contributed by atoms with van der Waals surface area (Å²) < 4.78 is 36.8. The second-order valence-electron chi connectivity index (χ2n) is 3.21. The van der Waals surface area contributed by atoms with Crippen LogP contribution in [0.5, 0.6) is 0 Å². The molecule has 0 radical (unpaired) electrons. The van der Waals surface area contributed by atoms with Crippen LogP contribution in [0, 0.1) is 0 Å². The quantitative estimate of drug-likeness (QED) is 0.720. The SMILES string of the molecule is COP1(OC)(OC)N=PNP(OC)(OC)(OC)N1. The van der Waals surface area contributed by atoms with Gasteiger partial charge in [0.15, 0.2) is 0 Å². The first kappa shape index (κ1) is 16.7. The number of hydrogen-bond donors (Lipinski definition) is 2. The predicted octanol–water partition coefficient (Wildman–Crippen LogP) is 2.36. The van der Waals surface area contributed by atoms with Crippen LogP contribution < -0.4 is 9.72 Å². The summed E-state index contributed by atoms with van der Waals surface area (Å²) in [6.45, 7) is 0. The van der Waals surface area contributed by atoms with Crippen LogP contribution in [0.2, 0.25) is 0 Å². The monoisotopic (exact) mass is 323 g/mol. The third kappa shape index (κ3) is 2.24. The van der Waals surface area contributed by atoms with Gasteiger partial charge in [-0.05, 0) is 0 Å². The Kier molecular flexibility index (Phi) is 4.83. The molecule has 0 unspecified atom stereocenters. The Bertz CT molecular complexity index is 325. The molecule has 1 rings (SSSR count). The van der Waals surface area contributed by atoms with Crippen LogP contribution >= 0.6 is 23.7 Å². The van der Waals surface area contributed by atoms with Gasteiger partial charge in [-0.1, -0.05) is 0 Å². The van der Waals surface area contributed by atoms with Crippen LogP contribution in [0.25, 0.3) is 0 Å². The normalized spacial score (nSPS) is 32.6. The third-order valence-electron chi connectivity index (χ3n) is 2.72. The van der Waals surface area contributed by atoms with Crippen molar-refractivity contribution in [1.82, 2.24) is 9.72 Å². The molecule has 0 saturated carbocycles. The maximum atomic E-state index is 5.44. The second-order valence-corrected chi connectivity index (χ2v) is 11.4. The van der Waals surface area contributed by atoms with Gasteiger partial charge in [0.05, 0.1) is 0 Å². The fourth-order valence-corrected chi connectivity index (χ4v) is 11.3. The first-order chi connectivity index (χ1) is 8.40. The van der Waals surface area contributed by atoms with Crippen molar-refractivity contribution in [2.75, 3.05) is 42.7 Å². The molecule has 1 aliphatic heterocycles. The Labute approximate surface area is 108 Å². The van der Waals surface area contributed by atoms with E-state index in [4.69, 9.17) is 27.1 Å². The zero-order valence-electron chi connectivity index (χ0n) is 11.2. The van der Waals surface area contributed by atoms with Crippen molar-refractivity contribution in [2.24, 2.45) is 4.52 Å². The van der Waals surface area contributed by atoms with Crippen LogP contribution in [0.1, 0.15) is 0 Å². The Morgan fingerprint density at radius 2 is 1.22 bits per heavy atom. The van der Waals surface area contributed by atoms with E-state index in [1.807, 2.05) is 0 Å². The van der Waals surface area contributed by atoms with Gasteiger partial charge in [0.1, 0.15) is 0 Å². The molecule has 0 atom stereocenters. The summed E-state index contributed by atoms with van der Waals surface area (Å²) in [4.78, 5) is 5.88. The minimum atomic E-state index is -3.92. The molecule has 0 bridgehead atoms. The molecule has 0 aromatic heterocycles. The number of hydrogen-bond acceptors (Lipinski definition) is 9. The molecule has 18 heavy (non-hydrogen) atoms. The molecule has 2 N–H and O–H groups in total. The Morgan fingerprint density at radius 3 is 1.56 bits per heavy atom. The molecule has 0 aromatic rings. The molecule has 110 valence electrons. The summed E-state index contributed by atoms with van der Waals surface area (Å²) in [6, 6.07) is 0. The molecule has 1 aliphatic rings. The van der Waals surface area contributed by atoms with Crippen LogP contribution in [0.3, 0.4) is 0 Å². The molecule has 0 aromatic carbocycles. The van der Waals surface area contributed by atoms with Crippen molar-refractivity contribution in [2.45, 2.75) is 0 Å². The van der Waals surface area contributed by atoms with E-state index in [9.17, 15) is 0 Å². The molecule has 0 amide bonds. The van der Waals surface area contributed by atoms with Gasteiger partial charge in [-0.25, -0.2) is 0 Å². The van der Waals surface area contributed by atoms with E-state index in [0.29, 0.717) is 8.52 Å². The van der Waals surface area contributed by atoms with Gasteiger partial charge in [-0.15, -0.1) is 0 Å². The van der Waals surface area contributed by atoms with Crippen molar-refractivity contribution in [3.05, 3.63) is 0 Å². The minimum absolute atomic E-state index is 0.399. The zero-order valence-corrected chi connectivity index (χ0v) is 13.9. The molecule has 9 nitrogen and oxygen atoms in total. The van der Waals surface area contributed by atoms with Crippen molar-refractivity contribution in [3.63, 3.8) is 0 Å². The fourth-order valence-electron chi connectivity index (χ4n) is 1.43. The van der Waals surface area contributed by atoms with Gasteiger partial charge in [-0.2, -0.15) is 0 Å². The first-order valence-electron chi connectivity index (χ1n) is 4.84. The Hall–Kier alpha value is 0.640. The Morgan fingerprint density at radius 1 is 0.778 bits per heavy atom. The second kappa shape index (κ2) is 5.20. The summed E-state index contributed by atoms with van der Waals surface area (Å²) >= 11 is 0. The van der Waals surface area contributed by atoms with Gasteiger partial charge in [-0.3, -0.25) is 0 Å². The Balaban J connectivity index is 3.39. The van der Waals surface area contributed by atoms with Gasteiger partial charge in [0.25, 0.3) is 0 Å². The predicted molar refractivity (Wildman–Crippen MR) is 71.5 cm³/mol. The number of rotatable bonds is 6. The molecule has 1 heterocycles. The summed E-state index contributed by atoms with van der Waals surface area (Å²) in [5, 5.41) is 0. The van der Waals surface area contributed by atoms with E-state index in [0.717, 1.165) is 0 Å². The molecule has 0 spiro atoms. The van der Waals surface area contributed by atoms with E-state index in [2.05, 4.69) is 14.2 Å². The average molecular weight is 323 g/mol. The molecular formula is C6H20N3O6P3. The molecular weight excluding hydrogens is 303 g/mol. The van der Waals surface area contributed by atoms with Crippen LogP contribution in [-0.4, -0.2) is 42.7 Å². The zero-order chi connectivity index (χ0) is 14.0. The van der Waals surface area contributed by atoms with Gasteiger partial charge < -0.3 is 0 Å². The molecule has 0 aliphatic carbocycles. The van der Waals surface area contributed by atoms with E-state index in [1.165, 1.54) is 42.7 Å². The van der Waals surface area contributed by atoms with Crippen LogP contribution in [0.15, 0.2) is 4.52 Å². The summed E-state index contributed by atoms with van der Waals surface area (Å²) in [7, 11) is 1.25. The topological polar surface area (TPSA) is 91.8 Å². The molecule has 0 saturated heterocycles. The summed E-state index contributed by atoms with van der Waals surface area (Å²) in [5.41, 5.74) is 0. The standard InChI is InChI=1S/C6H20N3O6P3/c1-10-17(11-2,12-3)7-16-8-18(9-17,13-4,14-5)15-6/h9H,1-6H3,(H,7,8). The number of nitrogens with one attached hydrogen (secondary N) is 2. The fraction of sp³-hybridized carbons (Fsp3) is 1.00. The average Bonchev–Trinajstić information content (AvgIpc) is 2.48. The van der Waals surface area contributed by atoms with Crippen LogP contribution in [-0.2, 0) is 27.1 Å². The maximum absolute atomic E-state index is 5.44. The van der Waals surface area contributed by atoms with Crippen molar-refractivity contribution in [3.8, 4) is 0 Å². The van der Waals surface area contributed by atoms with E-state index in [1.54, 1.807) is 0 Å². The van der Waals surface area contributed by atoms with E-state index < -0.39 is 15.2 Å². The van der Waals surface area contributed by atoms with Gasteiger partial charge >= 0.3 is 108 Å². The first-order valence-corrected chi connectivity index (χ1v) is 9.62. The van der Waals surface area contributed by atoms with E-state index >= 15 is 0 Å². The van der Waals surface area contributed by atoms with Crippen molar-refractivity contribution >= 4 is 23.7 Å².